The molecule has 2 nitrogen and oxygen atoms in total. The second-order valence-corrected chi connectivity index (χ2v) is 3.53. The molecule has 2 rings (SSSR count). The molecule has 0 amide bonds. The van der Waals surface area contributed by atoms with E-state index in [1.807, 2.05) is 30.3 Å². The van der Waals surface area contributed by atoms with Gasteiger partial charge in [-0.15, -0.1) is 0 Å². The Kier molecular flexibility index (Phi) is 3.37. The lowest BCUT2D eigenvalue weighted by Crippen LogP contribution is -1.96. The van der Waals surface area contributed by atoms with Crippen LogP contribution >= 0.6 is 0 Å². The summed E-state index contributed by atoms with van der Waals surface area (Å²) in [4.78, 5) is 0. The van der Waals surface area contributed by atoms with Crippen molar-refractivity contribution in [3.8, 4) is 11.8 Å². The molecule has 17 heavy (non-hydrogen) atoms. The average molecular weight is 227 g/mol. The molecule has 0 saturated heterocycles. The lowest BCUT2D eigenvalue weighted by atomic mass is 10.2. The Bertz CT molecular complexity index is 546. The van der Waals surface area contributed by atoms with Crippen LogP contribution < -0.4 is 4.74 Å². The van der Waals surface area contributed by atoms with Gasteiger partial charge in [0, 0.05) is 6.07 Å². The van der Waals surface area contributed by atoms with E-state index in [1.54, 1.807) is 6.07 Å². The molecule has 2 aromatic carbocycles. The van der Waals surface area contributed by atoms with Crippen molar-refractivity contribution in [1.82, 2.24) is 0 Å². The van der Waals surface area contributed by atoms with Gasteiger partial charge in [-0.25, -0.2) is 4.39 Å². The predicted molar refractivity (Wildman–Crippen MR) is 61.9 cm³/mol. The minimum atomic E-state index is -0.528. The third kappa shape index (κ3) is 2.82. The van der Waals surface area contributed by atoms with Gasteiger partial charge in [0.05, 0.1) is 5.56 Å². The van der Waals surface area contributed by atoms with E-state index in [4.69, 9.17) is 10.00 Å². The summed E-state index contributed by atoms with van der Waals surface area (Å²) >= 11 is 0. The number of halogens is 1. The minimum absolute atomic E-state index is 0.00411. The van der Waals surface area contributed by atoms with Crippen molar-refractivity contribution >= 4 is 0 Å². The zero-order valence-electron chi connectivity index (χ0n) is 9.06. The fraction of sp³-hybridized carbons (Fsp3) is 0.0714. The standard InChI is InChI=1S/C14H10FNO/c15-14-7-6-13(8-12(14)9-16)17-10-11-4-2-1-3-5-11/h1-8H,10H2. The van der Waals surface area contributed by atoms with Gasteiger partial charge >= 0.3 is 0 Å². The second-order valence-electron chi connectivity index (χ2n) is 3.53. The van der Waals surface area contributed by atoms with E-state index in [0.29, 0.717) is 12.4 Å². The molecule has 0 aliphatic rings. The van der Waals surface area contributed by atoms with Crippen LogP contribution in [0.5, 0.6) is 5.75 Å². The molecule has 3 heteroatoms. The molecule has 0 heterocycles. The Balaban J connectivity index is 2.08. The highest BCUT2D eigenvalue weighted by Crippen LogP contribution is 2.17. The molecule has 0 spiro atoms. The number of ether oxygens (including phenoxy) is 1. The molecule has 84 valence electrons. The zero-order valence-corrected chi connectivity index (χ0v) is 9.06. The van der Waals surface area contributed by atoms with E-state index in [-0.39, 0.29) is 5.56 Å². The van der Waals surface area contributed by atoms with Crippen molar-refractivity contribution in [3.63, 3.8) is 0 Å². The number of benzene rings is 2. The lowest BCUT2D eigenvalue weighted by molar-refractivity contribution is 0.305. The summed E-state index contributed by atoms with van der Waals surface area (Å²) in [7, 11) is 0. The van der Waals surface area contributed by atoms with Gasteiger partial charge in [-0.05, 0) is 17.7 Å². The summed E-state index contributed by atoms with van der Waals surface area (Å²) in [5, 5.41) is 8.68. The summed E-state index contributed by atoms with van der Waals surface area (Å²) in [6, 6.07) is 15.6. The van der Waals surface area contributed by atoms with Crippen molar-refractivity contribution in [3.05, 3.63) is 65.5 Å². The molecule has 0 saturated carbocycles. The quantitative estimate of drug-likeness (QED) is 0.806. The van der Waals surface area contributed by atoms with Gasteiger partial charge < -0.3 is 4.74 Å². The van der Waals surface area contributed by atoms with Crippen LogP contribution in [0.1, 0.15) is 11.1 Å². The van der Waals surface area contributed by atoms with Crippen molar-refractivity contribution in [2.75, 3.05) is 0 Å². The first-order valence-corrected chi connectivity index (χ1v) is 5.16. The second kappa shape index (κ2) is 5.13. The van der Waals surface area contributed by atoms with Gasteiger partial charge in [0.2, 0.25) is 0 Å². The largest absolute Gasteiger partial charge is 0.489 e. The Morgan fingerprint density at radius 2 is 1.88 bits per heavy atom. The number of hydrogen-bond donors (Lipinski definition) is 0. The summed E-state index contributed by atoms with van der Waals surface area (Å²) in [6.07, 6.45) is 0. The monoisotopic (exact) mass is 227 g/mol. The first-order valence-electron chi connectivity index (χ1n) is 5.16. The van der Waals surface area contributed by atoms with Gasteiger partial charge in [-0.3, -0.25) is 0 Å². The van der Waals surface area contributed by atoms with E-state index >= 15 is 0 Å². The van der Waals surface area contributed by atoms with E-state index in [0.717, 1.165) is 5.56 Å². The van der Waals surface area contributed by atoms with Crippen LogP contribution in [0.4, 0.5) is 4.39 Å². The predicted octanol–water partition coefficient (Wildman–Crippen LogP) is 3.28. The first kappa shape index (κ1) is 11.2. The Morgan fingerprint density at radius 3 is 2.59 bits per heavy atom. The maximum absolute atomic E-state index is 13.1. The maximum Gasteiger partial charge on any atom is 0.141 e. The summed E-state index contributed by atoms with van der Waals surface area (Å²) in [5.74, 6) is -0.0358. The topological polar surface area (TPSA) is 33.0 Å². The first-order chi connectivity index (χ1) is 8.29. The van der Waals surface area contributed by atoms with Crippen molar-refractivity contribution < 1.29 is 9.13 Å². The summed E-state index contributed by atoms with van der Waals surface area (Å²) in [6.45, 7) is 0.400. The number of hydrogen-bond acceptors (Lipinski definition) is 2. The highest BCUT2D eigenvalue weighted by molar-refractivity contribution is 5.37. The highest BCUT2D eigenvalue weighted by atomic mass is 19.1. The van der Waals surface area contributed by atoms with Crippen LogP contribution in [0.2, 0.25) is 0 Å². The van der Waals surface area contributed by atoms with E-state index in [9.17, 15) is 4.39 Å². The molecule has 0 unspecified atom stereocenters. The zero-order chi connectivity index (χ0) is 12.1. The van der Waals surface area contributed by atoms with Crippen LogP contribution in [0, 0.1) is 17.1 Å². The van der Waals surface area contributed by atoms with Crippen LogP contribution in [-0.4, -0.2) is 0 Å². The van der Waals surface area contributed by atoms with Gasteiger partial charge in [0.1, 0.15) is 24.2 Å². The fourth-order valence-electron chi connectivity index (χ4n) is 1.42. The fourth-order valence-corrected chi connectivity index (χ4v) is 1.42. The van der Waals surface area contributed by atoms with Crippen molar-refractivity contribution in [2.45, 2.75) is 6.61 Å². The normalized spacial score (nSPS) is 9.65. The molecule has 0 N–H and O–H groups in total. The average Bonchev–Trinajstić information content (AvgIpc) is 2.39. The van der Waals surface area contributed by atoms with Gasteiger partial charge in [-0.2, -0.15) is 5.26 Å². The third-order valence-corrected chi connectivity index (χ3v) is 2.31. The molecule has 0 bridgehead atoms. The van der Waals surface area contributed by atoms with E-state index < -0.39 is 5.82 Å². The Morgan fingerprint density at radius 1 is 1.12 bits per heavy atom. The maximum atomic E-state index is 13.1. The summed E-state index contributed by atoms with van der Waals surface area (Å²) < 4.78 is 18.5. The Labute approximate surface area is 98.9 Å². The lowest BCUT2D eigenvalue weighted by Gasteiger charge is -2.06. The molecule has 0 atom stereocenters. The molecule has 0 aliphatic heterocycles. The molecule has 0 aliphatic carbocycles. The smallest absolute Gasteiger partial charge is 0.141 e. The highest BCUT2D eigenvalue weighted by Gasteiger charge is 2.03. The molecule has 0 radical (unpaired) electrons. The van der Waals surface area contributed by atoms with Crippen LogP contribution in [0.25, 0.3) is 0 Å². The number of nitrogens with zero attached hydrogens (tertiary/aromatic N) is 1. The van der Waals surface area contributed by atoms with Gasteiger partial charge in [0.15, 0.2) is 0 Å². The van der Waals surface area contributed by atoms with Crippen LogP contribution in [0.3, 0.4) is 0 Å². The molecule has 0 aromatic heterocycles. The van der Waals surface area contributed by atoms with Gasteiger partial charge in [-0.1, -0.05) is 30.3 Å². The number of rotatable bonds is 3. The Hall–Kier alpha value is -2.34. The molecular formula is C14H10FNO. The third-order valence-electron chi connectivity index (χ3n) is 2.31. The molecule has 0 fully saturated rings. The minimum Gasteiger partial charge on any atom is -0.489 e. The van der Waals surface area contributed by atoms with Gasteiger partial charge in [0.25, 0.3) is 0 Å². The van der Waals surface area contributed by atoms with E-state index in [2.05, 4.69) is 0 Å². The number of nitriles is 1. The SMILES string of the molecule is N#Cc1cc(OCc2ccccc2)ccc1F. The van der Waals surface area contributed by atoms with Crippen molar-refractivity contribution in [2.24, 2.45) is 0 Å². The summed E-state index contributed by atoms with van der Waals surface area (Å²) in [5.41, 5.74) is 1.02. The van der Waals surface area contributed by atoms with E-state index in [1.165, 1.54) is 18.2 Å². The van der Waals surface area contributed by atoms with Crippen LogP contribution in [0.15, 0.2) is 48.5 Å². The molecule has 2 aromatic rings. The van der Waals surface area contributed by atoms with Crippen LogP contribution in [-0.2, 0) is 6.61 Å². The van der Waals surface area contributed by atoms with Crippen molar-refractivity contribution in [1.29, 1.82) is 5.26 Å². The molecular weight excluding hydrogens is 217 g/mol.